The predicted molar refractivity (Wildman–Crippen MR) is 103 cm³/mol. The van der Waals surface area contributed by atoms with Crippen molar-refractivity contribution in [2.24, 2.45) is 0 Å². The number of esters is 1. The van der Waals surface area contributed by atoms with Crippen LogP contribution in [0.2, 0.25) is 0 Å². The maximum atomic E-state index is 12.5. The van der Waals surface area contributed by atoms with E-state index in [1.54, 1.807) is 32.9 Å². The maximum absolute atomic E-state index is 12.5. The van der Waals surface area contributed by atoms with Gasteiger partial charge in [-0.3, -0.25) is 0 Å². The van der Waals surface area contributed by atoms with E-state index in [1.807, 2.05) is 0 Å². The Morgan fingerprint density at radius 2 is 1.76 bits per heavy atom. The molecule has 0 aliphatic carbocycles. The van der Waals surface area contributed by atoms with E-state index in [0.29, 0.717) is 13.1 Å². The predicted octanol–water partition coefficient (Wildman–Crippen LogP) is 2.81. The molecule has 1 N–H and O–H groups in total. The second-order valence-corrected chi connectivity index (χ2v) is 7.93. The summed E-state index contributed by atoms with van der Waals surface area (Å²) in [5, 5.41) is 11.1. The van der Waals surface area contributed by atoms with E-state index in [-0.39, 0.29) is 16.2 Å². The number of rotatable bonds is 6. The number of amides is 1. The zero-order valence-electron chi connectivity index (χ0n) is 17.3. The van der Waals surface area contributed by atoms with Gasteiger partial charge < -0.3 is 19.5 Å². The van der Waals surface area contributed by atoms with Gasteiger partial charge in [0.1, 0.15) is 6.61 Å². The molecule has 29 heavy (non-hydrogen) atoms. The van der Waals surface area contributed by atoms with Gasteiger partial charge in [-0.1, -0.05) is 12.1 Å². The molecule has 1 aliphatic heterocycles. The van der Waals surface area contributed by atoms with Crippen LogP contribution in [0.1, 0.15) is 45.6 Å². The first-order valence-electron chi connectivity index (χ1n) is 9.57. The first-order valence-corrected chi connectivity index (χ1v) is 9.57. The van der Waals surface area contributed by atoms with Gasteiger partial charge >= 0.3 is 17.7 Å². The molecule has 1 amide bonds. The van der Waals surface area contributed by atoms with Gasteiger partial charge in [0.2, 0.25) is 5.60 Å². The Hall–Kier alpha value is -2.68. The summed E-state index contributed by atoms with van der Waals surface area (Å²) in [4.78, 5) is 44.4. The molecular formula is C20H29N2O7+. The number of benzene rings is 1. The summed E-state index contributed by atoms with van der Waals surface area (Å²) in [5.74, 6) is -1.06. The van der Waals surface area contributed by atoms with Crippen LogP contribution in [-0.4, -0.2) is 59.4 Å². The van der Waals surface area contributed by atoms with Crippen molar-refractivity contribution in [1.82, 2.24) is 4.90 Å². The lowest BCUT2D eigenvalue weighted by molar-refractivity contribution is -0.766. The van der Waals surface area contributed by atoms with Crippen LogP contribution in [0.4, 0.5) is 10.5 Å². The minimum Gasteiger partial charge on any atom is -0.467 e. The Labute approximate surface area is 170 Å². The van der Waals surface area contributed by atoms with Crippen LogP contribution in [-0.2, 0) is 24.7 Å². The quantitative estimate of drug-likeness (QED) is 0.569. The molecule has 1 heterocycles. The van der Waals surface area contributed by atoms with Crippen molar-refractivity contribution < 1.29 is 33.9 Å². The molecule has 0 radical (unpaired) electrons. The summed E-state index contributed by atoms with van der Waals surface area (Å²) in [6, 6.07) is 5.89. The minimum absolute atomic E-state index is 0.0856. The third-order valence-corrected chi connectivity index (χ3v) is 4.44. The van der Waals surface area contributed by atoms with Crippen LogP contribution in [0.25, 0.3) is 0 Å². The molecule has 1 fully saturated rings. The molecule has 9 nitrogen and oxygen atoms in total. The van der Waals surface area contributed by atoms with Crippen LogP contribution >= 0.6 is 0 Å². The van der Waals surface area contributed by atoms with Crippen molar-refractivity contribution in [2.75, 3.05) is 26.8 Å². The lowest BCUT2D eigenvalue weighted by atomic mass is 9.93. The zero-order valence-corrected chi connectivity index (χ0v) is 17.3. The van der Waals surface area contributed by atoms with Crippen LogP contribution in [0.5, 0.6) is 0 Å². The third kappa shape index (κ3) is 5.66. The number of hydrogen-bond donors (Lipinski definition) is 1. The smallest absolute Gasteiger partial charge is 0.409 e. The summed E-state index contributed by atoms with van der Waals surface area (Å²) >= 11 is 0. The van der Waals surface area contributed by atoms with Gasteiger partial charge in [-0.25, -0.2) is 14.4 Å². The van der Waals surface area contributed by atoms with Gasteiger partial charge in [0.25, 0.3) is 4.92 Å². The highest BCUT2D eigenvalue weighted by atomic mass is 16.8. The number of carbonyl (C=O) groups excluding carboxylic acids is 2. The fourth-order valence-electron chi connectivity index (χ4n) is 3.03. The molecular weight excluding hydrogens is 380 g/mol. The summed E-state index contributed by atoms with van der Waals surface area (Å²) in [6.45, 7) is 5.48. The second-order valence-electron chi connectivity index (χ2n) is 7.93. The van der Waals surface area contributed by atoms with Crippen molar-refractivity contribution in [3.63, 3.8) is 0 Å². The SMILES string of the molecule is COC(=O)C(O)(COC(=O)N1CCCCC1)c1ccccc1[N+](=O)OC(C)(C)C. The largest absolute Gasteiger partial charge is 0.467 e. The molecule has 1 atom stereocenters. The lowest BCUT2D eigenvalue weighted by Crippen LogP contribution is -2.45. The number of nitrogens with zero attached hydrogens (tertiary/aromatic N) is 2. The number of aliphatic hydroxyl groups is 1. The highest BCUT2D eigenvalue weighted by Gasteiger charge is 2.47. The van der Waals surface area contributed by atoms with Crippen LogP contribution in [0.15, 0.2) is 24.3 Å². The van der Waals surface area contributed by atoms with Gasteiger partial charge in [-0.2, -0.15) is 0 Å². The van der Waals surface area contributed by atoms with Gasteiger partial charge in [0.15, 0.2) is 5.60 Å². The highest BCUT2D eigenvalue weighted by Crippen LogP contribution is 2.33. The molecule has 1 aromatic rings. The Kier molecular flexibility index (Phi) is 7.18. The average molecular weight is 409 g/mol. The van der Waals surface area contributed by atoms with Crippen LogP contribution in [0, 0.1) is 4.91 Å². The molecule has 1 aliphatic rings. The normalized spacial score (nSPS) is 16.5. The molecule has 9 heteroatoms. The molecule has 1 aromatic carbocycles. The van der Waals surface area contributed by atoms with Gasteiger partial charge in [-0.05, 0) is 46.1 Å². The van der Waals surface area contributed by atoms with E-state index < -0.39 is 29.9 Å². The van der Waals surface area contributed by atoms with E-state index in [9.17, 15) is 19.6 Å². The maximum Gasteiger partial charge on any atom is 0.409 e. The summed E-state index contributed by atoms with van der Waals surface area (Å²) in [7, 11) is 1.10. The number of methoxy groups -OCH3 is 1. The van der Waals surface area contributed by atoms with E-state index in [2.05, 4.69) is 0 Å². The Bertz CT molecular complexity index is 753. The fraction of sp³-hybridized carbons (Fsp3) is 0.600. The summed E-state index contributed by atoms with van der Waals surface area (Å²) < 4.78 is 9.96. The van der Waals surface area contributed by atoms with E-state index in [0.717, 1.165) is 26.4 Å². The Balaban J connectivity index is 2.30. The molecule has 0 bridgehead atoms. The molecule has 1 unspecified atom stereocenters. The average Bonchev–Trinajstić information content (AvgIpc) is 2.70. The van der Waals surface area contributed by atoms with Crippen molar-refractivity contribution in [3.05, 3.63) is 34.7 Å². The Morgan fingerprint density at radius 3 is 2.34 bits per heavy atom. The number of ether oxygens (including phenoxy) is 2. The molecule has 160 valence electrons. The lowest BCUT2D eigenvalue weighted by Gasteiger charge is -2.29. The van der Waals surface area contributed by atoms with Gasteiger partial charge in [0, 0.05) is 19.2 Å². The van der Waals surface area contributed by atoms with Crippen molar-refractivity contribution in [2.45, 2.75) is 51.2 Å². The van der Waals surface area contributed by atoms with Gasteiger partial charge in [0.05, 0.1) is 17.6 Å². The molecule has 2 rings (SSSR count). The monoisotopic (exact) mass is 409 g/mol. The van der Waals surface area contributed by atoms with Crippen molar-refractivity contribution >= 4 is 17.7 Å². The first-order chi connectivity index (χ1) is 13.6. The van der Waals surface area contributed by atoms with E-state index >= 15 is 0 Å². The molecule has 0 saturated carbocycles. The third-order valence-electron chi connectivity index (χ3n) is 4.44. The van der Waals surface area contributed by atoms with Crippen LogP contribution < -0.4 is 0 Å². The summed E-state index contributed by atoms with van der Waals surface area (Å²) in [5.41, 5.74) is -3.36. The van der Waals surface area contributed by atoms with E-state index in [4.69, 9.17) is 14.3 Å². The second kappa shape index (κ2) is 9.21. The van der Waals surface area contributed by atoms with Crippen molar-refractivity contribution in [3.8, 4) is 0 Å². The number of piperidine rings is 1. The molecule has 0 aromatic heterocycles. The van der Waals surface area contributed by atoms with Gasteiger partial charge in [-0.15, -0.1) is 0 Å². The topological polar surface area (TPSA) is 105 Å². The first kappa shape index (κ1) is 22.6. The van der Waals surface area contributed by atoms with Crippen LogP contribution in [0.3, 0.4) is 0 Å². The van der Waals surface area contributed by atoms with E-state index in [1.165, 1.54) is 17.0 Å². The number of likely N-dealkylation sites (tertiary alicyclic amines) is 1. The zero-order chi connectivity index (χ0) is 21.7. The summed E-state index contributed by atoms with van der Waals surface area (Å²) in [6.07, 6.45) is 2.15. The molecule has 1 saturated heterocycles. The van der Waals surface area contributed by atoms with Crippen molar-refractivity contribution in [1.29, 1.82) is 0 Å². The highest BCUT2D eigenvalue weighted by molar-refractivity contribution is 5.83. The number of hydrogen-bond acceptors (Lipinski definition) is 7. The fourth-order valence-corrected chi connectivity index (χ4v) is 3.03. The minimum atomic E-state index is -2.37. The number of carbonyl (C=O) groups is 2. The standard InChI is InChI=1S/C20H29N2O7/c1-19(2,3)29-22(26)16-11-7-6-10-15(16)20(25,17(23)27-4)14-28-18(24)21-12-8-5-9-13-21/h6-7,10-11,25H,5,8-9,12-14H2,1-4H3/q+1. The Morgan fingerprint density at radius 1 is 1.14 bits per heavy atom. The number of para-hydroxylation sites is 1. The molecule has 0 spiro atoms.